The second kappa shape index (κ2) is 34.2. The third-order valence-corrected chi connectivity index (χ3v) is 23.9. The van der Waals surface area contributed by atoms with E-state index >= 15 is 19.2 Å². The molecule has 0 bridgehead atoms. The first-order chi connectivity index (χ1) is 65.3. The van der Waals surface area contributed by atoms with Gasteiger partial charge in [-0.2, -0.15) is 0 Å². The summed E-state index contributed by atoms with van der Waals surface area (Å²) in [5, 5.41) is 0. The van der Waals surface area contributed by atoms with Crippen LogP contribution in [0.25, 0.3) is 0 Å². The molecule has 22 nitrogen and oxygen atoms in total. The van der Waals surface area contributed by atoms with Crippen molar-refractivity contribution in [3.05, 3.63) is 447 Å². The van der Waals surface area contributed by atoms with Gasteiger partial charge in [-0.25, -0.2) is 24.0 Å². The van der Waals surface area contributed by atoms with Crippen molar-refractivity contribution in [3.63, 3.8) is 0 Å². The van der Waals surface area contributed by atoms with Gasteiger partial charge < -0.3 is 75.8 Å². The maximum atomic E-state index is 16.1. The minimum absolute atomic E-state index is 0.0308. The molecule has 5 heterocycles. The third kappa shape index (κ3) is 15.6. The molecule has 1 fully saturated rings. The summed E-state index contributed by atoms with van der Waals surface area (Å²) in [7, 11) is 0. The number of rotatable bonds is 22. The van der Waals surface area contributed by atoms with E-state index in [4.69, 9.17) is 75.8 Å². The van der Waals surface area contributed by atoms with Gasteiger partial charge >= 0.3 is 64.8 Å². The maximum absolute atomic E-state index is 16.1. The van der Waals surface area contributed by atoms with E-state index < -0.39 is 76.1 Å². The van der Waals surface area contributed by atoms with Crippen molar-refractivity contribution >= 4 is 35.8 Å². The molecule has 0 atom stereocenters. The highest BCUT2D eigenvalue weighted by Crippen LogP contribution is 2.60. The van der Waals surface area contributed by atoms with Gasteiger partial charge in [0.05, 0.1) is 27.8 Å². The van der Waals surface area contributed by atoms with Crippen LogP contribution in [-0.2, 0) is 38.5 Å². The van der Waals surface area contributed by atoms with Crippen LogP contribution in [0.1, 0.15) is 167 Å². The lowest BCUT2D eigenvalue weighted by atomic mass is 9.87. The zero-order valence-electron chi connectivity index (χ0n) is 72.4. The third-order valence-electron chi connectivity index (χ3n) is 23.9. The average Bonchev–Trinajstić information content (AvgIpc) is 1.61. The SMILES string of the molecule is CC(C)(C)OC(=O)c1cc(OC(=O)c2cc(OC(=O)c3cc(OC(=O)c4cc(OC(=O)c5cc(OC(=O)CC6CCCCC6)c6c(c5)OC(c5ccccc5)(c5ccccc5)O6)c5c(c4)OC(c4ccccc4)(c4ccccc4)O5)c4c(c3)OC(c3ccccc3)(c3ccccc3)O4)c3c(c2)OC(c2ccccc2)(c2ccccc2)O3)c2c(c1)OC(c1ccccc1)(c1ccccc1)O2. The van der Waals surface area contributed by atoms with Crippen molar-refractivity contribution in [2.75, 3.05) is 0 Å². The van der Waals surface area contributed by atoms with E-state index in [1.54, 1.807) is 142 Å². The van der Waals surface area contributed by atoms with Gasteiger partial charge in [0.2, 0.25) is 28.7 Å². The van der Waals surface area contributed by atoms with Crippen LogP contribution in [0.2, 0.25) is 0 Å². The van der Waals surface area contributed by atoms with Crippen molar-refractivity contribution < 1.29 is 105 Å². The highest BCUT2D eigenvalue weighted by Gasteiger charge is 2.54. The molecular formula is C112H82O22. The van der Waals surface area contributed by atoms with Crippen molar-refractivity contribution in [1.29, 1.82) is 0 Å². The first-order valence-corrected chi connectivity index (χ1v) is 44.0. The summed E-state index contributed by atoms with van der Waals surface area (Å²) in [6, 6.07) is 104. The topological polar surface area (TPSA) is 250 Å². The number of ether oxygens (including phenoxy) is 16. The van der Waals surface area contributed by atoms with Gasteiger partial charge in [-0.3, -0.25) is 4.79 Å². The van der Waals surface area contributed by atoms with E-state index in [9.17, 15) is 9.59 Å². The van der Waals surface area contributed by atoms with E-state index in [1.165, 1.54) is 60.7 Å². The normalized spacial score (nSPS) is 15.5. The predicted molar refractivity (Wildman–Crippen MR) is 489 cm³/mol. The number of carbonyl (C=O) groups is 6. The molecule has 6 aliphatic rings. The molecule has 0 spiro atoms. The fourth-order valence-corrected chi connectivity index (χ4v) is 17.7. The first-order valence-electron chi connectivity index (χ1n) is 44.0. The van der Waals surface area contributed by atoms with Crippen molar-refractivity contribution in [2.45, 2.75) is 93.8 Å². The second-order valence-corrected chi connectivity index (χ2v) is 34.0. The number of hydrogen-bond acceptors (Lipinski definition) is 22. The largest absolute Gasteiger partial charge is 0.456 e. The molecule has 0 unspecified atom stereocenters. The van der Waals surface area contributed by atoms with E-state index in [0.29, 0.717) is 55.6 Å². The smallest absolute Gasteiger partial charge is 0.343 e. The van der Waals surface area contributed by atoms with Crippen LogP contribution in [0, 0.1) is 5.92 Å². The Hall–Kier alpha value is -16.9. The summed E-state index contributed by atoms with van der Waals surface area (Å²) in [5.74, 6) is -16.6. The fourth-order valence-electron chi connectivity index (χ4n) is 17.7. The van der Waals surface area contributed by atoms with E-state index in [1.807, 2.05) is 182 Å². The van der Waals surface area contributed by atoms with Crippen LogP contribution in [0.5, 0.6) is 86.2 Å². The number of benzene rings is 15. The van der Waals surface area contributed by atoms with Crippen LogP contribution in [0.3, 0.4) is 0 Å². The molecule has 0 amide bonds. The molecule has 662 valence electrons. The second-order valence-electron chi connectivity index (χ2n) is 34.0. The molecular weight excluding hydrogens is 1700 g/mol. The summed E-state index contributed by atoms with van der Waals surface area (Å²) in [6.45, 7) is 5.16. The standard InChI is InChI=1S/C112H82O22/c1-107(2,3)134-106(118)75-64-90(101-95(69-75)128-112(133-101,84-55-33-13-34-56-84)85-57-35-14-36-58-85)123-105(117)74-63-89(100-94(68-74)127-111(132-100,82-51-29-11-30-52-82)83-53-31-12-32-54-83)122-104(116)73-62-88(99-93(67-73)126-110(131-99,80-47-25-9-26-48-80)81-49-27-10-28-50-81)121-103(115)72-61-87(98-92(66-72)125-109(130-98,78-43-21-7-22-44-78)79-45-23-8-24-46-79)120-102(114)71-60-86(119-96(113)59-70-37-15-4-16-38-70)97-91(65-71)124-108(129-97,76-39-17-5-18-40-76)77-41-19-6-20-42-77/h5-14,17-36,39-58,60-70H,4,15-16,37-38,59H2,1-3H3. The molecule has 0 radical (unpaired) electrons. The average molecular weight is 1780 g/mol. The fraction of sp³-hybridized carbons (Fsp3) is 0.143. The monoisotopic (exact) mass is 1780 g/mol. The Morgan fingerprint density at radius 2 is 0.433 bits per heavy atom. The van der Waals surface area contributed by atoms with Crippen LogP contribution in [0.15, 0.2) is 364 Å². The Morgan fingerprint density at radius 1 is 0.246 bits per heavy atom. The number of fused-ring (bicyclic) bond motifs is 5. The Morgan fingerprint density at radius 3 is 0.627 bits per heavy atom. The Kier molecular flexibility index (Phi) is 21.4. The lowest BCUT2D eigenvalue weighted by molar-refractivity contribution is -0.136. The summed E-state index contributed by atoms with van der Waals surface area (Å²) in [6.07, 6.45) is 4.83. The van der Waals surface area contributed by atoms with Gasteiger partial charge in [-0.15, -0.1) is 0 Å². The van der Waals surface area contributed by atoms with E-state index in [2.05, 4.69) is 0 Å². The first kappa shape index (κ1) is 84.0. The maximum Gasteiger partial charge on any atom is 0.343 e. The molecule has 1 saturated carbocycles. The van der Waals surface area contributed by atoms with E-state index in [0.717, 1.165) is 32.1 Å². The van der Waals surface area contributed by atoms with Gasteiger partial charge in [-0.1, -0.05) is 323 Å². The van der Waals surface area contributed by atoms with Crippen LogP contribution < -0.4 is 71.1 Å². The molecule has 1 aliphatic carbocycles. The summed E-state index contributed by atoms with van der Waals surface area (Å²) < 4.78 is 109. The van der Waals surface area contributed by atoms with Crippen LogP contribution in [-0.4, -0.2) is 41.4 Å². The lowest BCUT2D eigenvalue weighted by Gasteiger charge is -2.28. The number of hydrogen-bond donors (Lipinski definition) is 0. The molecule has 22 heteroatoms. The number of carbonyl (C=O) groups excluding carboxylic acids is 6. The highest BCUT2D eigenvalue weighted by molar-refractivity contribution is 5.99. The highest BCUT2D eigenvalue weighted by atomic mass is 16.8. The minimum atomic E-state index is -1.84. The van der Waals surface area contributed by atoms with E-state index in [-0.39, 0.29) is 121 Å². The molecule has 0 saturated heterocycles. The van der Waals surface area contributed by atoms with Crippen molar-refractivity contribution in [2.24, 2.45) is 5.92 Å². The zero-order chi connectivity index (χ0) is 91.3. The molecule has 15 aromatic carbocycles. The molecule has 134 heavy (non-hydrogen) atoms. The van der Waals surface area contributed by atoms with Gasteiger partial charge in [0.25, 0.3) is 0 Å². The Labute approximate surface area is 769 Å². The van der Waals surface area contributed by atoms with Crippen LogP contribution in [0.4, 0.5) is 0 Å². The molecule has 0 N–H and O–H groups in total. The van der Waals surface area contributed by atoms with Gasteiger partial charge in [0, 0.05) is 62.1 Å². The van der Waals surface area contributed by atoms with Gasteiger partial charge in [0.1, 0.15) is 5.60 Å². The minimum Gasteiger partial charge on any atom is -0.456 e. The molecule has 5 aliphatic heterocycles. The lowest BCUT2D eigenvalue weighted by Crippen LogP contribution is -2.36. The Balaban J connectivity index is 0.679. The molecule has 21 rings (SSSR count). The van der Waals surface area contributed by atoms with Crippen molar-refractivity contribution in [3.8, 4) is 86.2 Å². The van der Waals surface area contributed by atoms with Crippen molar-refractivity contribution in [1.82, 2.24) is 0 Å². The zero-order valence-corrected chi connectivity index (χ0v) is 72.4. The molecule has 0 aromatic heterocycles. The number of esters is 6. The summed E-state index contributed by atoms with van der Waals surface area (Å²) >= 11 is 0. The van der Waals surface area contributed by atoms with Crippen LogP contribution >= 0.6 is 0 Å². The van der Waals surface area contributed by atoms with Gasteiger partial charge in [-0.05, 0) is 100 Å². The molecule has 15 aromatic rings. The summed E-state index contributed by atoms with van der Waals surface area (Å²) in [5.41, 5.74) is 3.18. The predicted octanol–water partition coefficient (Wildman–Crippen LogP) is 22.8. The van der Waals surface area contributed by atoms with Gasteiger partial charge in [0.15, 0.2) is 57.5 Å². The quantitative estimate of drug-likeness (QED) is 0.0451. The Bertz CT molecular complexity index is 6840. The summed E-state index contributed by atoms with van der Waals surface area (Å²) in [4.78, 5) is 92.3.